The number of nitrogens with zero attached hydrogens (tertiary/aromatic N) is 1. The molecule has 0 spiro atoms. The van der Waals surface area contributed by atoms with E-state index >= 15 is 0 Å². The Morgan fingerprint density at radius 1 is 1.25 bits per heavy atom. The Morgan fingerprint density at radius 3 is 2.50 bits per heavy atom. The fourth-order valence-corrected chi connectivity index (χ4v) is 2.60. The van der Waals surface area contributed by atoms with Crippen LogP contribution in [-0.2, 0) is 0 Å². The smallest absolute Gasteiger partial charge is 0.254 e. The molecule has 1 saturated heterocycles. The second kappa shape index (κ2) is 7.55. The average molecular weight is 305 g/mol. The van der Waals surface area contributed by atoms with E-state index in [2.05, 4.69) is 0 Å². The van der Waals surface area contributed by atoms with Crippen molar-refractivity contribution >= 4 is 18.3 Å². The number of nitrogens with two attached hydrogens (primary N) is 1. The maximum atomic E-state index is 13.2. The van der Waals surface area contributed by atoms with Crippen LogP contribution in [0.2, 0.25) is 0 Å². The van der Waals surface area contributed by atoms with Crippen LogP contribution >= 0.6 is 12.4 Å². The Bertz CT molecular complexity index is 448. The van der Waals surface area contributed by atoms with Gasteiger partial charge in [-0.1, -0.05) is 0 Å². The van der Waals surface area contributed by atoms with E-state index in [4.69, 9.17) is 5.73 Å². The molecule has 2 rings (SSSR count). The van der Waals surface area contributed by atoms with Crippen LogP contribution in [0, 0.1) is 11.6 Å². The first kappa shape index (κ1) is 16.9. The molecule has 1 fully saturated rings. The summed E-state index contributed by atoms with van der Waals surface area (Å²) in [4.78, 5) is 14.0. The second-order valence-electron chi connectivity index (χ2n) is 4.88. The van der Waals surface area contributed by atoms with Gasteiger partial charge in [0.2, 0.25) is 0 Å². The number of hydrogen-bond acceptors (Lipinski definition) is 2. The zero-order valence-electron chi connectivity index (χ0n) is 11.1. The second-order valence-corrected chi connectivity index (χ2v) is 4.88. The molecule has 1 heterocycles. The quantitative estimate of drug-likeness (QED) is 0.933. The summed E-state index contributed by atoms with van der Waals surface area (Å²) in [5.74, 6) is -1.76. The molecule has 0 radical (unpaired) electrons. The topological polar surface area (TPSA) is 46.3 Å². The fourth-order valence-electron chi connectivity index (χ4n) is 2.60. The Kier molecular flexibility index (Phi) is 6.36. The summed E-state index contributed by atoms with van der Waals surface area (Å²) in [5, 5.41) is 0. The van der Waals surface area contributed by atoms with E-state index in [1.165, 1.54) is 0 Å². The van der Waals surface area contributed by atoms with Gasteiger partial charge in [0, 0.05) is 24.2 Å². The highest BCUT2D eigenvalue weighted by molar-refractivity contribution is 5.94. The molecule has 1 aromatic rings. The van der Waals surface area contributed by atoms with Gasteiger partial charge in [-0.2, -0.15) is 0 Å². The Morgan fingerprint density at radius 2 is 1.90 bits per heavy atom. The van der Waals surface area contributed by atoms with Crippen LogP contribution in [0.4, 0.5) is 8.78 Å². The summed E-state index contributed by atoms with van der Waals surface area (Å²) in [5.41, 5.74) is 5.62. The van der Waals surface area contributed by atoms with Gasteiger partial charge in [0.05, 0.1) is 0 Å². The zero-order chi connectivity index (χ0) is 13.8. The van der Waals surface area contributed by atoms with Crippen molar-refractivity contribution in [3.63, 3.8) is 0 Å². The van der Waals surface area contributed by atoms with Gasteiger partial charge in [-0.3, -0.25) is 4.79 Å². The van der Waals surface area contributed by atoms with E-state index < -0.39 is 11.6 Å². The maximum absolute atomic E-state index is 13.2. The molecule has 0 saturated carbocycles. The highest BCUT2D eigenvalue weighted by atomic mass is 35.5. The number of carbonyl (C=O) groups excluding carboxylic acids is 1. The highest BCUT2D eigenvalue weighted by Gasteiger charge is 2.27. The van der Waals surface area contributed by atoms with Gasteiger partial charge >= 0.3 is 0 Å². The number of halogens is 3. The molecule has 1 atom stereocenters. The minimum atomic E-state index is -0.726. The molecule has 1 aromatic carbocycles. The van der Waals surface area contributed by atoms with Crippen molar-refractivity contribution in [3.05, 3.63) is 35.4 Å². The number of carbonyl (C=O) groups is 1. The molecule has 6 heteroatoms. The Balaban J connectivity index is 0.00000200. The van der Waals surface area contributed by atoms with E-state index in [0.717, 1.165) is 43.9 Å². The monoisotopic (exact) mass is 304 g/mol. The lowest BCUT2D eigenvalue weighted by atomic mass is 9.98. The first-order valence-corrected chi connectivity index (χ1v) is 6.59. The molecule has 0 aromatic heterocycles. The van der Waals surface area contributed by atoms with Crippen LogP contribution in [-0.4, -0.2) is 29.9 Å². The summed E-state index contributed by atoms with van der Waals surface area (Å²) < 4.78 is 26.3. The molecule has 1 aliphatic rings. The van der Waals surface area contributed by atoms with E-state index in [1.807, 2.05) is 0 Å². The lowest BCUT2D eigenvalue weighted by Gasteiger charge is -2.35. The number of rotatable bonds is 3. The van der Waals surface area contributed by atoms with Gasteiger partial charge in [0.25, 0.3) is 5.91 Å². The Hall–Kier alpha value is -1.20. The summed E-state index contributed by atoms with van der Waals surface area (Å²) in [6, 6.07) is 3.02. The lowest BCUT2D eigenvalue weighted by molar-refractivity contribution is 0.0604. The van der Waals surface area contributed by atoms with Crippen LogP contribution in [0.1, 0.15) is 36.0 Å². The van der Waals surface area contributed by atoms with Crippen molar-refractivity contribution in [1.29, 1.82) is 0 Å². The van der Waals surface area contributed by atoms with Crippen molar-refractivity contribution in [2.24, 2.45) is 5.73 Å². The summed E-state index contributed by atoms with van der Waals surface area (Å²) in [6.07, 6.45) is 3.61. The largest absolute Gasteiger partial charge is 0.336 e. The number of hydrogen-bond donors (Lipinski definition) is 1. The van der Waals surface area contributed by atoms with Crippen molar-refractivity contribution in [2.45, 2.75) is 31.7 Å². The van der Waals surface area contributed by atoms with Crippen LogP contribution in [0.25, 0.3) is 0 Å². The van der Waals surface area contributed by atoms with E-state index in [0.29, 0.717) is 13.1 Å². The van der Waals surface area contributed by atoms with Gasteiger partial charge in [-0.15, -0.1) is 12.4 Å². The van der Waals surface area contributed by atoms with Crippen molar-refractivity contribution in [2.75, 3.05) is 13.1 Å². The predicted octanol–water partition coefficient (Wildman–Crippen LogP) is 2.73. The van der Waals surface area contributed by atoms with Crippen molar-refractivity contribution in [1.82, 2.24) is 4.90 Å². The molecule has 20 heavy (non-hydrogen) atoms. The molecule has 3 nitrogen and oxygen atoms in total. The number of likely N-dealkylation sites (tertiary alicyclic amines) is 1. The summed E-state index contributed by atoms with van der Waals surface area (Å²) >= 11 is 0. The average Bonchev–Trinajstić information content (AvgIpc) is 2.38. The molecule has 1 amide bonds. The van der Waals surface area contributed by atoms with Gasteiger partial charge in [0.1, 0.15) is 11.6 Å². The molecular weight excluding hydrogens is 286 g/mol. The third-order valence-electron chi connectivity index (χ3n) is 3.50. The molecule has 0 aliphatic carbocycles. The Labute approximate surface area is 123 Å². The minimum absolute atomic E-state index is 0. The van der Waals surface area contributed by atoms with Gasteiger partial charge in [-0.05, 0) is 44.4 Å². The van der Waals surface area contributed by atoms with Crippen molar-refractivity contribution in [3.8, 4) is 0 Å². The lowest BCUT2D eigenvalue weighted by Crippen LogP contribution is -2.44. The van der Waals surface area contributed by atoms with Gasteiger partial charge < -0.3 is 10.6 Å². The third kappa shape index (κ3) is 3.90. The van der Waals surface area contributed by atoms with Crippen LogP contribution < -0.4 is 5.73 Å². The molecule has 2 N–H and O–H groups in total. The van der Waals surface area contributed by atoms with Crippen LogP contribution in [0.15, 0.2) is 18.2 Å². The highest BCUT2D eigenvalue weighted by Crippen LogP contribution is 2.22. The molecular formula is C14H19ClF2N2O. The molecule has 1 aliphatic heterocycles. The van der Waals surface area contributed by atoms with Crippen molar-refractivity contribution < 1.29 is 13.6 Å². The number of piperidine rings is 1. The van der Waals surface area contributed by atoms with Gasteiger partial charge in [-0.25, -0.2) is 8.78 Å². The molecule has 1 unspecified atom stereocenters. The third-order valence-corrected chi connectivity index (χ3v) is 3.50. The maximum Gasteiger partial charge on any atom is 0.254 e. The number of amides is 1. The fraction of sp³-hybridized carbons (Fsp3) is 0.500. The summed E-state index contributed by atoms with van der Waals surface area (Å²) in [7, 11) is 0. The van der Waals surface area contributed by atoms with E-state index in [-0.39, 0.29) is 29.9 Å². The van der Waals surface area contributed by atoms with Crippen LogP contribution in [0.5, 0.6) is 0 Å². The number of benzene rings is 1. The SMILES string of the molecule is Cl.NCCC1CCCCN1C(=O)c1cc(F)cc(F)c1. The van der Waals surface area contributed by atoms with E-state index in [9.17, 15) is 13.6 Å². The molecule has 0 bridgehead atoms. The normalized spacial score (nSPS) is 18.6. The first-order chi connectivity index (χ1) is 9.11. The van der Waals surface area contributed by atoms with Crippen LogP contribution in [0.3, 0.4) is 0 Å². The first-order valence-electron chi connectivity index (χ1n) is 6.59. The standard InChI is InChI=1S/C14H18F2N2O.ClH/c15-11-7-10(8-12(16)9-11)14(19)18-6-2-1-3-13(18)4-5-17;/h7-9,13H,1-6,17H2;1H. The zero-order valence-corrected chi connectivity index (χ0v) is 12.0. The molecule has 112 valence electrons. The van der Waals surface area contributed by atoms with Gasteiger partial charge in [0.15, 0.2) is 0 Å². The summed E-state index contributed by atoms with van der Waals surface area (Å²) in [6.45, 7) is 1.13. The van der Waals surface area contributed by atoms with E-state index in [1.54, 1.807) is 4.90 Å². The minimum Gasteiger partial charge on any atom is -0.336 e. The predicted molar refractivity (Wildman–Crippen MR) is 76.0 cm³/mol.